The maximum Gasteiger partial charge on any atom is 0.124 e. The molecule has 36 heavy (non-hydrogen) atoms. The van der Waals surface area contributed by atoms with Gasteiger partial charge in [0.15, 0.2) is 0 Å². The van der Waals surface area contributed by atoms with Crippen LogP contribution in [0.1, 0.15) is 102 Å². The van der Waals surface area contributed by atoms with Gasteiger partial charge in [0, 0.05) is 5.56 Å². The van der Waals surface area contributed by atoms with Crippen molar-refractivity contribution in [1.29, 1.82) is 0 Å². The molecule has 0 spiro atoms. The first kappa shape index (κ1) is 32.3. The average molecular weight is 518 g/mol. The Hall–Kier alpha value is -1.69. The lowest BCUT2D eigenvalue weighted by atomic mass is 10.0. The molecule has 0 aliphatic carbocycles. The van der Waals surface area contributed by atoms with Gasteiger partial charge >= 0.3 is 0 Å². The summed E-state index contributed by atoms with van der Waals surface area (Å²) >= 11 is 0. The Bertz CT molecular complexity index is 867. The number of benzene rings is 2. The maximum absolute atomic E-state index is 10.3. The van der Waals surface area contributed by atoms with Crippen LogP contribution in [0.15, 0.2) is 65.6 Å². The lowest BCUT2D eigenvalue weighted by Gasteiger charge is -2.30. The predicted octanol–water partition coefficient (Wildman–Crippen LogP) is 8.34. The van der Waals surface area contributed by atoms with Gasteiger partial charge in [0.25, 0.3) is 0 Å². The summed E-state index contributed by atoms with van der Waals surface area (Å²) in [7, 11) is 0.488. The summed E-state index contributed by atoms with van der Waals surface area (Å²) in [5, 5.41) is 0. The molecule has 5 heteroatoms. The second-order valence-electron chi connectivity index (χ2n) is 10.7. The predicted molar refractivity (Wildman–Crippen MR) is 152 cm³/mol. The molecular weight excluding hydrogens is 466 g/mol. The number of nitrogens with zero attached hydrogens (tertiary/aromatic N) is 1. The van der Waals surface area contributed by atoms with Gasteiger partial charge in [-0.2, -0.15) is 0 Å². The second kappa shape index (κ2) is 19.4. The standard InChI is InChI=1S/C25H46N.C6H6O3S/c1-4-5-6-7-8-9-10-11-12-13-14-15-16-20-23-26(2,3)24-25-21-18-17-19-22-25;7-10(8,9)6-4-2-1-3-5-6/h17-19,21-22H,4-16,20,23-24H2,1-3H3;1-5H,(H,7,8,9)/q+1;/p-1. The molecule has 0 unspecified atom stereocenters. The number of hydrogen-bond donors (Lipinski definition) is 0. The van der Waals surface area contributed by atoms with E-state index in [2.05, 4.69) is 51.4 Å². The summed E-state index contributed by atoms with van der Waals surface area (Å²) in [6.45, 7) is 4.75. The molecule has 0 fully saturated rings. The lowest BCUT2D eigenvalue weighted by Crippen LogP contribution is -2.39. The summed E-state index contributed by atoms with van der Waals surface area (Å²) in [4.78, 5) is -0.185. The van der Waals surface area contributed by atoms with Crippen LogP contribution in [0.2, 0.25) is 0 Å². The molecule has 0 heterocycles. The number of rotatable bonds is 18. The highest BCUT2D eigenvalue weighted by atomic mass is 32.2. The van der Waals surface area contributed by atoms with Crippen LogP contribution in [0, 0.1) is 0 Å². The van der Waals surface area contributed by atoms with Gasteiger partial charge in [-0.05, 0) is 25.0 Å². The third-order valence-electron chi connectivity index (χ3n) is 6.60. The zero-order valence-corrected chi connectivity index (χ0v) is 24.0. The van der Waals surface area contributed by atoms with Gasteiger partial charge in [-0.3, -0.25) is 0 Å². The topological polar surface area (TPSA) is 57.2 Å². The molecular formula is C31H51NO3S. The van der Waals surface area contributed by atoms with Gasteiger partial charge in [-0.1, -0.05) is 133 Å². The molecule has 204 valence electrons. The molecule has 0 saturated carbocycles. The molecule has 2 aromatic rings. The van der Waals surface area contributed by atoms with Crippen molar-refractivity contribution in [3.05, 3.63) is 66.2 Å². The van der Waals surface area contributed by atoms with E-state index in [0.29, 0.717) is 0 Å². The molecule has 2 rings (SSSR count). The van der Waals surface area contributed by atoms with E-state index < -0.39 is 10.1 Å². The Kier molecular flexibility index (Phi) is 17.4. The molecule has 0 amide bonds. The van der Waals surface area contributed by atoms with Crippen LogP contribution in [-0.2, 0) is 16.7 Å². The zero-order valence-electron chi connectivity index (χ0n) is 23.2. The largest absolute Gasteiger partial charge is 0.744 e. The summed E-state index contributed by atoms with van der Waals surface area (Å²) in [5.41, 5.74) is 1.46. The van der Waals surface area contributed by atoms with Crippen molar-refractivity contribution < 1.29 is 17.5 Å². The van der Waals surface area contributed by atoms with Crippen LogP contribution >= 0.6 is 0 Å². The number of quaternary nitrogens is 1. The fraction of sp³-hybridized carbons (Fsp3) is 0.613. The van der Waals surface area contributed by atoms with Gasteiger partial charge in [0.2, 0.25) is 0 Å². The van der Waals surface area contributed by atoms with E-state index >= 15 is 0 Å². The minimum atomic E-state index is -4.25. The quantitative estimate of drug-likeness (QED) is 0.113. The Labute approximate surface area is 222 Å². The van der Waals surface area contributed by atoms with E-state index in [1.807, 2.05) is 0 Å². The number of hydrogen-bond acceptors (Lipinski definition) is 3. The van der Waals surface area contributed by atoms with Crippen molar-refractivity contribution in [2.75, 3.05) is 20.6 Å². The van der Waals surface area contributed by atoms with E-state index in [1.165, 1.54) is 126 Å². The third kappa shape index (κ3) is 17.7. The molecule has 2 aromatic carbocycles. The second-order valence-corrected chi connectivity index (χ2v) is 12.0. The van der Waals surface area contributed by atoms with E-state index in [-0.39, 0.29) is 4.90 Å². The van der Waals surface area contributed by atoms with Gasteiger partial charge in [-0.15, -0.1) is 0 Å². The summed E-state index contributed by atoms with van der Waals surface area (Å²) in [6, 6.07) is 18.1. The molecule has 0 saturated heterocycles. The summed E-state index contributed by atoms with van der Waals surface area (Å²) in [6.07, 6.45) is 20.2. The van der Waals surface area contributed by atoms with E-state index in [1.54, 1.807) is 6.07 Å². The van der Waals surface area contributed by atoms with Crippen LogP contribution < -0.4 is 0 Å². The van der Waals surface area contributed by atoms with Gasteiger partial charge in [0.1, 0.15) is 16.7 Å². The smallest absolute Gasteiger partial charge is 0.124 e. The summed E-state index contributed by atoms with van der Waals surface area (Å²) in [5.74, 6) is 0. The third-order valence-corrected chi connectivity index (χ3v) is 7.45. The highest BCUT2D eigenvalue weighted by Gasteiger charge is 2.14. The fourth-order valence-corrected chi connectivity index (χ4v) is 4.97. The molecule has 4 nitrogen and oxygen atoms in total. The van der Waals surface area contributed by atoms with Gasteiger partial charge < -0.3 is 9.04 Å². The number of unbranched alkanes of at least 4 members (excludes halogenated alkanes) is 13. The van der Waals surface area contributed by atoms with Crippen LogP contribution in [0.25, 0.3) is 0 Å². The van der Waals surface area contributed by atoms with Crippen molar-refractivity contribution in [2.24, 2.45) is 0 Å². The molecule has 0 aliphatic rings. The molecule has 0 radical (unpaired) electrons. The Morgan fingerprint density at radius 3 is 1.39 bits per heavy atom. The van der Waals surface area contributed by atoms with E-state index in [4.69, 9.17) is 0 Å². The molecule has 0 atom stereocenters. The van der Waals surface area contributed by atoms with Gasteiger partial charge in [-0.25, -0.2) is 8.42 Å². The first-order valence-corrected chi connectivity index (χ1v) is 15.5. The van der Waals surface area contributed by atoms with E-state index in [0.717, 1.165) is 11.0 Å². The highest BCUT2D eigenvalue weighted by molar-refractivity contribution is 7.85. The Morgan fingerprint density at radius 2 is 1.00 bits per heavy atom. The van der Waals surface area contributed by atoms with Crippen molar-refractivity contribution >= 4 is 10.1 Å². The molecule has 0 aromatic heterocycles. The van der Waals surface area contributed by atoms with Crippen molar-refractivity contribution in [1.82, 2.24) is 0 Å². The highest BCUT2D eigenvalue weighted by Crippen LogP contribution is 2.15. The molecule has 0 aliphatic heterocycles. The minimum Gasteiger partial charge on any atom is -0.744 e. The van der Waals surface area contributed by atoms with Crippen molar-refractivity contribution in [2.45, 2.75) is 108 Å². The zero-order chi connectivity index (χ0) is 26.5. The lowest BCUT2D eigenvalue weighted by molar-refractivity contribution is -0.903. The van der Waals surface area contributed by atoms with Crippen LogP contribution in [0.5, 0.6) is 0 Å². The van der Waals surface area contributed by atoms with Crippen molar-refractivity contribution in [3.8, 4) is 0 Å². The minimum absolute atomic E-state index is 0.185. The average Bonchev–Trinajstić information content (AvgIpc) is 2.85. The van der Waals surface area contributed by atoms with Crippen LogP contribution in [-0.4, -0.2) is 38.1 Å². The summed E-state index contributed by atoms with van der Waals surface area (Å²) < 4.78 is 31.9. The monoisotopic (exact) mass is 517 g/mol. The molecule has 0 bridgehead atoms. The van der Waals surface area contributed by atoms with Crippen LogP contribution in [0.3, 0.4) is 0 Å². The van der Waals surface area contributed by atoms with E-state index in [9.17, 15) is 13.0 Å². The van der Waals surface area contributed by atoms with Crippen molar-refractivity contribution in [3.63, 3.8) is 0 Å². The Morgan fingerprint density at radius 1 is 0.611 bits per heavy atom. The fourth-order valence-electron chi connectivity index (χ4n) is 4.48. The van der Waals surface area contributed by atoms with Gasteiger partial charge in [0.05, 0.1) is 25.5 Å². The first-order valence-electron chi connectivity index (χ1n) is 14.1. The Balaban J connectivity index is 0.000000537. The normalized spacial score (nSPS) is 11.7. The first-order chi connectivity index (χ1) is 17.2. The maximum atomic E-state index is 10.3. The molecule has 0 N–H and O–H groups in total. The van der Waals surface area contributed by atoms with Crippen LogP contribution in [0.4, 0.5) is 0 Å². The SMILES string of the molecule is CCCCCCCCCCCCCCCC[N+](C)(C)Cc1ccccc1.O=S(=O)([O-])c1ccccc1.